The van der Waals surface area contributed by atoms with Gasteiger partial charge in [0.05, 0.1) is 5.56 Å². The number of hydrogen-bond donors (Lipinski definition) is 1. The predicted octanol–water partition coefficient (Wildman–Crippen LogP) is 4.61. The lowest BCUT2D eigenvalue weighted by molar-refractivity contribution is -0.137. The normalized spacial score (nSPS) is 11.7. The van der Waals surface area contributed by atoms with Crippen LogP contribution in [0.25, 0.3) is 0 Å². The van der Waals surface area contributed by atoms with E-state index in [2.05, 4.69) is 11.4 Å². The van der Waals surface area contributed by atoms with Gasteiger partial charge in [0.25, 0.3) is 0 Å². The van der Waals surface area contributed by atoms with Gasteiger partial charge in [-0.2, -0.15) is 13.2 Å². The molecule has 1 N–H and O–H groups in total. The van der Waals surface area contributed by atoms with Crippen LogP contribution in [0.1, 0.15) is 27.8 Å². The molecule has 0 saturated carbocycles. The van der Waals surface area contributed by atoms with E-state index < -0.39 is 11.7 Å². The molecule has 2 aromatic carbocycles. The fraction of sp³-hybridized carbons (Fsp3) is 0.294. The number of alkyl halides is 3. The molecule has 0 fully saturated rings. The second kappa shape index (κ2) is 6.31. The first kappa shape index (κ1) is 15.6. The van der Waals surface area contributed by atoms with Crippen LogP contribution in [0.2, 0.25) is 0 Å². The van der Waals surface area contributed by atoms with E-state index in [0.29, 0.717) is 18.7 Å². The van der Waals surface area contributed by atoms with Crippen molar-refractivity contribution in [2.75, 3.05) is 0 Å². The molecule has 0 bridgehead atoms. The Kier molecular flexibility index (Phi) is 4.68. The van der Waals surface area contributed by atoms with Gasteiger partial charge in [-0.1, -0.05) is 42.0 Å². The molecule has 0 aliphatic carbocycles. The Morgan fingerprint density at radius 3 is 2.38 bits per heavy atom. The minimum absolute atomic E-state index is 0.414. The first-order valence-electron chi connectivity index (χ1n) is 6.79. The van der Waals surface area contributed by atoms with E-state index in [1.165, 1.54) is 23.3 Å². The van der Waals surface area contributed by atoms with E-state index in [1.54, 1.807) is 6.07 Å². The SMILES string of the molecule is Cc1ccc(CNCc2cccc(C(F)(F)F)c2)c(C)c1. The molecule has 2 aromatic rings. The van der Waals surface area contributed by atoms with Crippen molar-refractivity contribution >= 4 is 0 Å². The predicted molar refractivity (Wildman–Crippen MR) is 77.9 cm³/mol. The molecule has 1 nitrogen and oxygen atoms in total. The Labute approximate surface area is 122 Å². The summed E-state index contributed by atoms with van der Waals surface area (Å²) in [5, 5.41) is 3.19. The number of rotatable bonds is 4. The molecule has 0 aliphatic heterocycles. The van der Waals surface area contributed by atoms with Gasteiger partial charge in [0.15, 0.2) is 0 Å². The molecule has 21 heavy (non-hydrogen) atoms. The highest BCUT2D eigenvalue weighted by atomic mass is 19.4. The van der Waals surface area contributed by atoms with Crippen molar-refractivity contribution in [2.24, 2.45) is 0 Å². The van der Waals surface area contributed by atoms with Crippen LogP contribution < -0.4 is 5.32 Å². The minimum atomic E-state index is -4.29. The lowest BCUT2D eigenvalue weighted by Gasteiger charge is -2.11. The van der Waals surface area contributed by atoms with Crippen LogP contribution in [-0.2, 0) is 19.3 Å². The number of benzene rings is 2. The number of hydrogen-bond acceptors (Lipinski definition) is 1. The Morgan fingerprint density at radius 1 is 0.952 bits per heavy atom. The zero-order valence-electron chi connectivity index (χ0n) is 12.1. The number of aryl methyl sites for hydroxylation is 2. The summed E-state index contributed by atoms with van der Waals surface area (Å²) >= 11 is 0. The van der Waals surface area contributed by atoms with Crippen LogP contribution in [0.4, 0.5) is 13.2 Å². The topological polar surface area (TPSA) is 12.0 Å². The first-order valence-corrected chi connectivity index (χ1v) is 6.79. The molecule has 0 aliphatic rings. The van der Waals surface area contributed by atoms with E-state index in [1.807, 2.05) is 26.0 Å². The summed E-state index contributed by atoms with van der Waals surface area (Å²) in [6.45, 7) is 5.13. The molecule has 0 heterocycles. The van der Waals surface area contributed by atoms with Gasteiger partial charge in [-0.25, -0.2) is 0 Å². The van der Waals surface area contributed by atoms with Gasteiger partial charge in [-0.3, -0.25) is 0 Å². The van der Waals surface area contributed by atoms with Gasteiger partial charge in [-0.15, -0.1) is 0 Å². The summed E-state index contributed by atoms with van der Waals surface area (Å²) in [7, 11) is 0. The highest BCUT2D eigenvalue weighted by molar-refractivity contribution is 5.30. The van der Waals surface area contributed by atoms with Crippen molar-refractivity contribution in [3.05, 3.63) is 70.3 Å². The standard InChI is InChI=1S/C17H18F3N/c1-12-6-7-15(13(2)8-12)11-21-10-14-4-3-5-16(9-14)17(18,19)20/h3-9,21H,10-11H2,1-2H3. The van der Waals surface area contributed by atoms with Crippen molar-refractivity contribution < 1.29 is 13.2 Å². The van der Waals surface area contributed by atoms with Crippen LogP contribution in [0, 0.1) is 13.8 Å². The summed E-state index contributed by atoms with van der Waals surface area (Å²) in [5.74, 6) is 0. The van der Waals surface area contributed by atoms with Gasteiger partial charge < -0.3 is 5.32 Å². The molecular formula is C17H18F3N. The maximum absolute atomic E-state index is 12.6. The van der Waals surface area contributed by atoms with Crippen LogP contribution in [0.3, 0.4) is 0 Å². The van der Waals surface area contributed by atoms with Crippen molar-refractivity contribution in [1.82, 2.24) is 5.32 Å². The molecule has 0 aromatic heterocycles. The van der Waals surface area contributed by atoms with Crippen molar-refractivity contribution in [3.8, 4) is 0 Å². The van der Waals surface area contributed by atoms with Gasteiger partial charge in [0.1, 0.15) is 0 Å². The molecule has 0 radical (unpaired) electrons. The third kappa shape index (κ3) is 4.33. The van der Waals surface area contributed by atoms with E-state index in [0.717, 1.165) is 11.6 Å². The van der Waals surface area contributed by atoms with E-state index in [-0.39, 0.29) is 0 Å². The Balaban J connectivity index is 1.97. The second-order valence-electron chi connectivity index (χ2n) is 5.23. The summed E-state index contributed by atoms with van der Waals surface area (Å²) in [6.07, 6.45) is -4.29. The van der Waals surface area contributed by atoms with E-state index in [4.69, 9.17) is 0 Å². The smallest absolute Gasteiger partial charge is 0.309 e. The zero-order valence-corrected chi connectivity index (χ0v) is 12.1. The van der Waals surface area contributed by atoms with Crippen LogP contribution >= 0.6 is 0 Å². The monoisotopic (exact) mass is 293 g/mol. The van der Waals surface area contributed by atoms with Crippen molar-refractivity contribution in [1.29, 1.82) is 0 Å². The van der Waals surface area contributed by atoms with Gasteiger partial charge in [-0.05, 0) is 36.6 Å². The quantitative estimate of drug-likeness (QED) is 0.868. The summed E-state index contributed by atoms with van der Waals surface area (Å²) in [5.41, 5.74) is 3.58. The second-order valence-corrected chi connectivity index (χ2v) is 5.23. The molecule has 0 amide bonds. The fourth-order valence-electron chi connectivity index (χ4n) is 2.24. The largest absolute Gasteiger partial charge is 0.416 e. The minimum Gasteiger partial charge on any atom is -0.309 e. The lowest BCUT2D eigenvalue weighted by Crippen LogP contribution is -2.14. The fourth-order valence-corrected chi connectivity index (χ4v) is 2.24. The number of halogens is 3. The zero-order chi connectivity index (χ0) is 15.5. The third-order valence-corrected chi connectivity index (χ3v) is 3.40. The summed E-state index contributed by atoms with van der Waals surface area (Å²) < 4.78 is 37.9. The highest BCUT2D eigenvalue weighted by Gasteiger charge is 2.30. The molecule has 0 unspecified atom stereocenters. The first-order chi connectivity index (χ1) is 9.86. The molecule has 0 saturated heterocycles. The molecule has 112 valence electrons. The molecular weight excluding hydrogens is 275 g/mol. The molecule has 0 spiro atoms. The van der Waals surface area contributed by atoms with Crippen LogP contribution in [0.5, 0.6) is 0 Å². The van der Waals surface area contributed by atoms with E-state index in [9.17, 15) is 13.2 Å². The van der Waals surface area contributed by atoms with Crippen LogP contribution in [0.15, 0.2) is 42.5 Å². The van der Waals surface area contributed by atoms with Gasteiger partial charge in [0, 0.05) is 13.1 Å². The summed E-state index contributed by atoms with van der Waals surface area (Å²) in [4.78, 5) is 0. The molecule has 0 atom stereocenters. The molecule has 2 rings (SSSR count). The van der Waals surface area contributed by atoms with E-state index >= 15 is 0 Å². The average molecular weight is 293 g/mol. The highest BCUT2D eigenvalue weighted by Crippen LogP contribution is 2.29. The van der Waals surface area contributed by atoms with Crippen molar-refractivity contribution in [3.63, 3.8) is 0 Å². The summed E-state index contributed by atoms with van der Waals surface area (Å²) in [6, 6.07) is 11.6. The van der Waals surface area contributed by atoms with Crippen LogP contribution in [-0.4, -0.2) is 0 Å². The Hall–Kier alpha value is -1.81. The maximum Gasteiger partial charge on any atom is 0.416 e. The Bertz CT molecular complexity index is 618. The average Bonchev–Trinajstić information content (AvgIpc) is 2.41. The third-order valence-electron chi connectivity index (χ3n) is 3.40. The number of nitrogens with one attached hydrogen (secondary N) is 1. The maximum atomic E-state index is 12.6. The Morgan fingerprint density at radius 2 is 1.71 bits per heavy atom. The van der Waals surface area contributed by atoms with Gasteiger partial charge >= 0.3 is 6.18 Å². The lowest BCUT2D eigenvalue weighted by atomic mass is 10.1. The van der Waals surface area contributed by atoms with Gasteiger partial charge in [0.2, 0.25) is 0 Å². The molecule has 4 heteroatoms. The van der Waals surface area contributed by atoms with Crippen molar-refractivity contribution in [2.45, 2.75) is 33.1 Å².